The zero-order chi connectivity index (χ0) is 9.03. The molecule has 1 fully saturated rings. The molecule has 0 saturated heterocycles. The van der Waals surface area contributed by atoms with Crippen molar-refractivity contribution in [2.45, 2.75) is 24.8 Å². The number of nitrogens with one attached hydrogen (secondary N) is 1. The first kappa shape index (κ1) is 9.48. The number of hydrogen-bond acceptors (Lipinski definition) is 3. The Hall–Kier alpha value is -0.610. The van der Waals surface area contributed by atoms with E-state index in [2.05, 4.69) is 5.32 Å². The molecule has 0 unspecified atom stereocenters. The van der Waals surface area contributed by atoms with Crippen molar-refractivity contribution in [1.29, 1.82) is 0 Å². The number of carbonyl (C=O) groups is 1. The first-order valence-electron chi connectivity index (χ1n) is 4.22. The van der Waals surface area contributed by atoms with E-state index in [1.807, 2.05) is 0 Å². The maximum absolute atomic E-state index is 11.2. The van der Waals surface area contributed by atoms with Crippen LogP contribution in [0.15, 0.2) is 0 Å². The van der Waals surface area contributed by atoms with Crippen molar-refractivity contribution in [3.05, 3.63) is 0 Å². The van der Waals surface area contributed by atoms with Crippen LogP contribution in [-0.2, 0) is 9.53 Å². The van der Waals surface area contributed by atoms with E-state index in [9.17, 15) is 4.79 Å². The molecule has 0 aliphatic heterocycles. The van der Waals surface area contributed by atoms with Gasteiger partial charge in [-0.15, -0.1) is 0 Å². The minimum atomic E-state index is -0.0647. The van der Waals surface area contributed by atoms with Gasteiger partial charge in [0, 0.05) is 20.1 Å². The average molecular weight is 172 g/mol. The van der Waals surface area contributed by atoms with Gasteiger partial charge in [0.05, 0.1) is 12.1 Å². The van der Waals surface area contributed by atoms with E-state index in [0.717, 1.165) is 12.8 Å². The molecule has 0 aromatic carbocycles. The van der Waals surface area contributed by atoms with Gasteiger partial charge in [-0.3, -0.25) is 4.79 Å². The van der Waals surface area contributed by atoms with E-state index in [1.165, 1.54) is 0 Å². The fraction of sp³-hybridized carbons (Fsp3) is 0.875. The maximum atomic E-state index is 11.2. The van der Waals surface area contributed by atoms with Crippen LogP contribution >= 0.6 is 0 Å². The molecule has 0 spiro atoms. The lowest BCUT2D eigenvalue weighted by molar-refractivity contribution is -0.122. The molecular formula is C8H16N2O2. The van der Waals surface area contributed by atoms with Crippen LogP contribution in [0.25, 0.3) is 0 Å². The predicted molar refractivity (Wildman–Crippen MR) is 45.7 cm³/mol. The number of methoxy groups -OCH3 is 1. The van der Waals surface area contributed by atoms with Crippen LogP contribution in [-0.4, -0.2) is 31.7 Å². The van der Waals surface area contributed by atoms with Gasteiger partial charge in [-0.25, -0.2) is 0 Å². The summed E-state index contributed by atoms with van der Waals surface area (Å²) in [6, 6.07) is 0. The quantitative estimate of drug-likeness (QED) is 0.594. The lowest BCUT2D eigenvalue weighted by Crippen LogP contribution is -2.42. The molecule has 1 amide bonds. The third-order valence-corrected chi connectivity index (χ3v) is 2.18. The minimum Gasteiger partial charge on any atom is -0.384 e. The molecule has 4 nitrogen and oxygen atoms in total. The van der Waals surface area contributed by atoms with E-state index < -0.39 is 0 Å². The number of ether oxygens (including phenoxy) is 1. The largest absolute Gasteiger partial charge is 0.384 e. The second-order valence-electron chi connectivity index (χ2n) is 3.28. The Bertz CT molecular complexity index is 166. The fourth-order valence-electron chi connectivity index (χ4n) is 1.08. The van der Waals surface area contributed by atoms with Gasteiger partial charge in [-0.2, -0.15) is 0 Å². The molecule has 0 atom stereocenters. The number of nitrogens with two attached hydrogens (primary N) is 1. The minimum absolute atomic E-state index is 0.0415. The highest BCUT2D eigenvalue weighted by Gasteiger charge is 2.42. The van der Waals surface area contributed by atoms with Gasteiger partial charge in [0.1, 0.15) is 0 Å². The SMILES string of the molecule is COCCC(=O)NC1(CN)CC1. The second-order valence-corrected chi connectivity index (χ2v) is 3.28. The summed E-state index contributed by atoms with van der Waals surface area (Å²) >= 11 is 0. The molecule has 1 aliphatic rings. The van der Waals surface area contributed by atoms with E-state index in [-0.39, 0.29) is 11.4 Å². The third-order valence-electron chi connectivity index (χ3n) is 2.18. The highest BCUT2D eigenvalue weighted by atomic mass is 16.5. The smallest absolute Gasteiger partial charge is 0.222 e. The molecule has 12 heavy (non-hydrogen) atoms. The summed E-state index contributed by atoms with van der Waals surface area (Å²) in [4.78, 5) is 11.2. The van der Waals surface area contributed by atoms with E-state index >= 15 is 0 Å². The van der Waals surface area contributed by atoms with Crippen LogP contribution < -0.4 is 11.1 Å². The van der Waals surface area contributed by atoms with Crippen LogP contribution in [0.3, 0.4) is 0 Å². The number of hydrogen-bond donors (Lipinski definition) is 2. The molecule has 4 heteroatoms. The van der Waals surface area contributed by atoms with Crippen molar-refractivity contribution in [3.63, 3.8) is 0 Å². The standard InChI is InChI=1S/C8H16N2O2/c1-12-5-2-7(11)10-8(6-9)3-4-8/h2-6,9H2,1H3,(H,10,11). The lowest BCUT2D eigenvalue weighted by atomic mass is 10.2. The molecule has 1 saturated carbocycles. The first-order valence-corrected chi connectivity index (χ1v) is 4.22. The van der Waals surface area contributed by atoms with Gasteiger partial charge < -0.3 is 15.8 Å². The van der Waals surface area contributed by atoms with Gasteiger partial charge in [-0.05, 0) is 12.8 Å². The molecule has 0 heterocycles. The zero-order valence-corrected chi connectivity index (χ0v) is 7.43. The Kier molecular flexibility index (Phi) is 3.05. The summed E-state index contributed by atoms with van der Waals surface area (Å²) in [7, 11) is 1.59. The predicted octanol–water partition coefficient (Wildman–Crippen LogP) is -0.370. The summed E-state index contributed by atoms with van der Waals surface area (Å²) < 4.78 is 4.79. The molecule has 0 radical (unpaired) electrons. The Balaban J connectivity index is 2.17. The van der Waals surface area contributed by atoms with Crippen molar-refractivity contribution in [2.75, 3.05) is 20.3 Å². The Labute approximate surface area is 72.5 Å². The molecule has 0 bridgehead atoms. The molecule has 0 aromatic heterocycles. The number of carbonyl (C=O) groups excluding carboxylic acids is 1. The van der Waals surface area contributed by atoms with Crippen LogP contribution in [0, 0.1) is 0 Å². The summed E-state index contributed by atoms with van der Waals surface area (Å²) in [5.41, 5.74) is 5.44. The topological polar surface area (TPSA) is 64.3 Å². The van der Waals surface area contributed by atoms with Gasteiger partial charge >= 0.3 is 0 Å². The van der Waals surface area contributed by atoms with Crippen molar-refractivity contribution < 1.29 is 9.53 Å². The zero-order valence-electron chi connectivity index (χ0n) is 7.43. The van der Waals surface area contributed by atoms with Crippen molar-refractivity contribution in [3.8, 4) is 0 Å². The monoisotopic (exact) mass is 172 g/mol. The summed E-state index contributed by atoms with van der Waals surface area (Å²) in [6.07, 6.45) is 2.46. The lowest BCUT2D eigenvalue weighted by Gasteiger charge is -2.14. The molecule has 0 aromatic rings. The highest BCUT2D eigenvalue weighted by Crippen LogP contribution is 2.33. The Morgan fingerprint density at radius 1 is 1.67 bits per heavy atom. The Morgan fingerprint density at radius 3 is 2.75 bits per heavy atom. The van der Waals surface area contributed by atoms with Gasteiger partial charge in [-0.1, -0.05) is 0 Å². The molecule has 1 aliphatic carbocycles. The molecule has 1 rings (SSSR count). The van der Waals surface area contributed by atoms with Crippen LogP contribution in [0.5, 0.6) is 0 Å². The van der Waals surface area contributed by atoms with Gasteiger partial charge in [0.15, 0.2) is 0 Å². The van der Waals surface area contributed by atoms with Crippen LogP contribution in [0.1, 0.15) is 19.3 Å². The summed E-state index contributed by atoms with van der Waals surface area (Å²) in [5.74, 6) is 0.0415. The van der Waals surface area contributed by atoms with E-state index in [4.69, 9.17) is 10.5 Å². The van der Waals surface area contributed by atoms with Crippen molar-refractivity contribution in [1.82, 2.24) is 5.32 Å². The molecule has 70 valence electrons. The average Bonchev–Trinajstić information content (AvgIpc) is 2.82. The number of rotatable bonds is 5. The normalized spacial score (nSPS) is 18.8. The van der Waals surface area contributed by atoms with Gasteiger partial charge in [0.25, 0.3) is 0 Å². The van der Waals surface area contributed by atoms with E-state index in [1.54, 1.807) is 7.11 Å². The van der Waals surface area contributed by atoms with Crippen molar-refractivity contribution >= 4 is 5.91 Å². The maximum Gasteiger partial charge on any atom is 0.222 e. The summed E-state index contributed by atoms with van der Waals surface area (Å²) in [6.45, 7) is 1.03. The summed E-state index contributed by atoms with van der Waals surface area (Å²) in [5, 5.41) is 2.91. The van der Waals surface area contributed by atoms with Gasteiger partial charge in [0.2, 0.25) is 5.91 Å². The van der Waals surface area contributed by atoms with Crippen molar-refractivity contribution in [2.24, 2.45) is 5.73 Å². The fourth-order valence-corrected chi connectivity index (χ4v) is 1.08. The second kappa shape index (κ2) is 3.87. The van der Waals surface area contributed by atoms with E-state index in [0.29, 0.717) is 19.6 Å². The van der Waals surface area contributed by atoms with Crippen LogP contribution in [0.2, 0.25) is 0 Å². The molecular weight excluding hydrogens is 156 g/mol. The molecule has 3 N–H and O–H groups in total. The third kappa shape index (κ3) is 2.46. The number of amides is 1. The van der Waals surface area contributed by atoms with Crippen LogP contribution in [0.4, 0.5) is 0 Å². The highest BCUT2D eigenvalue weighted by molar-refractivity contribution is 5.77. The first-order chi connectivity index (χ1) is 5.72. The Morgan fingerprint density at radius 2 is 2.33 bits per heavy atom.